The van der Waals surface area contributed by atoms with Crippen molar-refractivity contribution in [2.24, 2.45) is 0 Å². The highest BCUT2D eigenvalue weighted by atomic mass is 16.5. The molecule has 0 amide bonds. The number of nitrogens with zero attached hydrogens (tertiary/aromatic N) is 2. The third-order valence-electron chi connectivity index (χ3n) is 2.49. The molecule has 0 bridgehead atoms. The summed E-state index contributed by atoms with van der Waals surface area (Å²) < 4.78 is 6.48. The minimum atomic E-state index is -0.833. The summed E-state index contributed by atoms with van der Waals surface area (Å²) in [6.45, 7) is -0.190. The Kier molecular flexibility index (Phi) is 2.90. The number of aliphatic hydroxyl groups is 2. The van der Waals surface area contributed by atoms with Gasteiger partial charge in [0, 0.05) is 12.6 Å². The predicted molar refractivity (Wildman–Crippen MR) is 54.5 cm³/mol. The summed E-state index contributed by atoms with van der Waals surface area (Å²) in [5.74, 6) is 0.118. The van der Waals surface area contributed by atoms with Gasteiger partial charge in [-0.1, -0.05) is 0 Å². The fourth-order valence-corrected chi connectivity index (χ4v) is 1.72. The van der Waals surface area contributed by atoms with Gasteiger partial charge in [0.25, 0.3) is 0 Å². The maximum Gasteiger partial charge on any atom is 0.351 e. The summed E-state index contributed by atoms with van der Waals surface area (Å²) in [5, 5.41) is 18.6. The van der Waals surface area contributed by atoms with Crippen LogP contribution in [0.3, 0.4) is 0 Å². The van der Waals surface area contributed by atoms with Crippen LogP contribution in [-0.4, -0.2) is 38.6 Å². The van der Waals surface area contributed by atoms with Crippen molar-refractivity contribution in [1.29, 1.82) is 0 Å². The number of rotatable bonds is 2. The Hall–Kier alpha value is -1.44. The molecule has 7 heteroatoms. The van der Waals surface area contributed by atoms with E-state index in [0.29, 0.717) is 0 Å². The quantitative estimate of drug-likeness (QED) is 0.565. The first kappa shape index (κ1) is 11.1. The zero-order chi connectivity index (χ0) is 11.7. The summed E-state index contributed by atoms with van der Waals surface area (Å²) in [6, 6.07) is 1.45. The summed E-state index contributed by atoms with van der Waals surface area (Å²) >= 11 is 0. The molecule has 0 unspecified atom stereocenters. The third-order valence-corrected chi connectivity index (χ3v) is 2.49. The van der Waals surface area contributed by atoms with Crippen LogP contribution in [0.4, 0.5) is 5.82 Å². The molecular weight excluding hydrogens is 214 g/mol. The van der Waals surface area contributed by atoms with Crippen molar-refractivity contribution in [2.75, 3.05) is 12.3 Å². The largest absolute Gasteiger partial charge is 0.394 e. The van der Waals surface area contributed by atoms with Crippen molar-refractivity contribution >= 4 is 5.82 Å². The molecule has 1 aromatic heterocycles. The lowest BCUT2D eigenvalue weighted by Gasteiger charge is -2.16. The van der Waals surface area contributed by atoms with E-state index in [2.05, 4.69) is 4.98 Å². The van der Waals surface area contributed by atoms with Crippen molar-refractivity contribution in [3.8, 4) is 0 Å². The number of nitrogen functional groups attached to an aromatic ring is 1. The Balaban J connectivity index is 2.28. The molecule has 16 heavy (non-hydrogen) atoms. The highest BCUT2D eigenvalue weighted by Gasteiger charge is 2.35. The van der Waals surface area contributed by atoms with E-state index in [1.807, 2.05) is 0 Å². The lowest BCUT2D eigenvalue weighted by molar-refractivity contribution is -0.0529. The van der Waals surface area contributed by atoms with E-state index in [0.717, 1.165) is 4.57 Å². The molecule has 88 valence electrons. The second-order valence-corrected chi connectivity index (χ2v) is 3.68. The predicted octanol–water partition coefficient (Wildman–Crippen LogP) is -1.53. The van der Waals surface area contributed by atoms with Crippen molar-refractivity contribution in [2.45, 2.75) is 24.9 Å². The fraction of sp³-hybridized carbons (Fsp3) is 0.556. The van der Waals surface area contributed by atoms with E-state index < -0.39 is 24.1 Å². The molecule has 2 heterocycles. The maximum absolute atomic E-state index is 11.5. The smallest absolute Gasteiger partial charge is 0.351 e. The number of ether oxygens (including phenoxy) is 1. The molecule has 1 aliphatic heterocycles. The van der Waals surface area contributed by atoms with Crippen LogP contribution in [-0.2, 0) is 4.74 Å². The van der Waals surface area contributed by atoms with Crippen LogP contribution in [0.5, 0.6) is 0 Å². The SMILES string of the molecule is Nc1ccn([C@H]2O[C@@H](CO)C[C@@H]2O)c(=O)n1. The first-order valence-corrected chi connectivity index (χ1v) is 4.91. The van der Waals surface area contributed by atoms with Gasteiger partial charge in [0.15, 0.2) is 6.23 Å². The van der Waals surface area contributed by atoms with E-state index in [1.54, 1.807) is 0 Å². The van der Waals surface area contributed by atoms with Gasteiger partial charge in [0.05, 0.1) is 12.7 Å². The van der Waals surface area contributed by atoms with Gasteiger partial charge in [0.1, 0.15) is 11.9 Å². The molecule has 7 nitrogen and oxygen atoms in total. The summed E-state index contributed by atoms with van der Waals surface area (Å²) in [7, 11) is 0. The van der Waals surface area contributed by atoms with E-state index in [9.17, 15) is 9.90 Å². The molecule has 0 aliphatic carbocycles. The topological polar surface area (TPSA) is 111 Å². The molecule has 0 spiro atoms. The lowest BCUT2D eigenvalue weighted by Crippen LogP contribution is -2.31. The molecule has 2 rings (SSSR count). The number of aliphatic hydroxyl groups excluding tert-OH is 2. The number of anilines is 1. The van der Waals surface area contributed by atoms with Gasteiger partial charge >= 0.3 is 5.69 Å². The summed E-state index contributed by atoms with van der Waals surface area (Å²) in [5.41, 5.74) is 4.77. The molecule has 0 aromatic carbocycles. The molecule has 0 radical (unpaired) electrons. The van der Waals surface area contributed by atoms with Crippen molar-refractivity contribution < 1.29 is 14.9 Å². The molecule has 4 N–H and O–H groups in total. The van der Waals surface area contributed by atoms with E-state index in [4.69, 9.17) is 15.6 Å². The van der Waals surface area contributed by atoms with E-state index >= 15 is 0 Å². The van der Waals surface area contributed by atoms with Gasteiger partial charge in [-0.15, -0.1) is 0 Å². The Morgan fingerprint density at radius 3 is 3.00 bits per heavy atom. The fourth-order valence-electron chi connectivity index (χ4n) is 1.72. The van der Waals surface area contributed by atoms with Crippen molar-refractivity contribution in [3.05, 3.63) is 22.7 Å². The molecule has 1 aromatic rings. The second-order valence-electron chi connectivity index (χ2n) is 3.68. The van der Waals surface area contributed by atoms with Crippen LogP contribution in [0, 0.1) is 0 Å². The number of hydrogen-bond acceptors (Lipinski definition) is 6. The van der Waals surface area contributed by atoms with Crippen LogP contribution in [0.15, 0.2) is 17.1 Å². The average Bonchev–Trinajstić information content (AvgIpc) is 2.60. The van der Waals surface area contributed by atoms with Crippen LogP contribution < -0.4 is 11.4 Å². The van der Waals surface area contributed by atoms with Crippen LogP contribution in [0.1, 0.15) is 12.6 Å². The van der Waals surface area contributed by atoms with Crippen molar-refractivity contribution in [1.82, 2.24) is 9.55 Å². The maximum atomic E-state index is 11.5. The molecule has 1 fully saturated rings. The molecule has 1 saturated heterocycles. The standard InChI is InChI=1S/C9H13N3O4/c10-7-1-2-12(9(15)11-7)8-6(14)3-5(4-13)16-8/h1-2,5-6,8,13-14H,3-4H2,(H2,10,11,15)/t5-,6+,8+/m1/s1. The molecular formula is C9H13N3O4. The minimum Gasteiger partial charge on any atom is -0.394 e. The summed E-state index contributed by atoms with van der Waals surface area (Å²) in [4.78, 5) is 15.0. The third kappa shape index (κ3) is 1.92. The minimum absolute atomic E-state index is 0.118. The Morgan fingerprint density at radius 2 is 2.44 bits per heavy atom. The summed E-state index contributed by atoms with van der Waals surface area (Å²) in [6.07, 6.45) is -0.390. The van der Waals surface area contributed by atoms with E-state index in [-0.39, 0.29) is 18.8 Å². The van der Waals surface area contributed by atoms with Crippen molar-refractivity contribution in [3.63, 3.8) is 0 Å². The van der Waals surface area contributed by atoms with Gasteiger partial charge < -0.3 is 20.7 Å². The van der Waals surface area contributed by atoms with Gasteiger partial charge in [-0.05, 0) is 6.07 Å². The van der Waals surface area contributed by atoms with Gasteiger partial charge in [-0.2, -0.15) is 4.98 Å². The van der Waals surface area contributed by atoms with Gasteiger partial charge in [-0.3, -0.25) is 4.57 Å². The van der Waals surface area contributed by atoms with E-state index in [1.165, 1.54) is 12.3 Å². The Bertz CT molecular complexity index is 433. The molecule has 3 atom stereocenters. The first-order valence-electron chi connectivity index (χ1n) is 4.91. The molecule has 1 aliphatic rings. The second kappa shape index (κ2) is 4.20. The van der Waals surface area contributed by atoms with Crippen LogP contribution in [0.2, 0.25) is 0 Å². The van der Waals surface area contributed by atoms with Gasteiger partial charge in [-0.25, -0.2) is 4.79 Å². The normalized spacial score (nSPS) is 29.5. The van der Waals surface area contributed by atoms with Crippen LogP contribution >= 0.6 is 0 Å². The lowest BCUT2D eigenvalue weighted by atomic mass is 10.2. The Labute approximate surface area is 91.1 Å². The molecule has 0 saturated carbocycles. The monoisotopic (exact) mass is 227 g/mol. The number of aromatic nitrogens is 2. The first-order chi connectivity index (χ1) is 7.61. The zero-order valence-corrected chi connectivity index (χ0v) is 8.48. The highest BCUT2D eigenvalue weighted by molar-refractivity contribution is 5.23. The number of nitrogens with two attached hydrogens (primary N) is 1. The zero-order valence-electron chi connectivity index (χ0n) is 8.48. The Morgan fingerprint density at radius 1 is 1.69 bits per heavy atom. The van der Waals surface area contributed by atoms with Gasteiger partial charge in [0.2, 0.25) is 0 Å². The number of hydrogen-bond donors (Lipinski definition) is 3. The average molecular weight is 227 g/mol. The van der Waals surface area contributed by atoms with Crippen LogP contribution in [0.25, 0.3) is 0 Å². The highest BCUT2D eigenvalue weighted by Crippen LogP contribution is 2.27.